The fourth-order valence-electron chi connectivity index (χ4n) is 3.54. The Hall–Kier alpha value is -1.98. The average molecular weight is 463 g/mol. The summed E-state index contributed by atoms with van der Waals surface area (Å²) in [5.74, 6) is -5.17. The van der Waals surface area contributed by atoms with Crippen molar-refractivity contribution in [3.05, 3.63) is 34.4 Å². The zero-order valence-electron chi connectivity index (χ0n) is 16.6. The van der Waals surface area contributed by atoms with E-state index in [-0.39, 0.29) is 5.75 Å². The van der Waals surface area contributed by atoms with Gasteiger partial charge in [-0.25, -0.2) is 0 Å². The standard InChI is InChI=1S/C18H25NO13/c20-7-17(15(26)13(24)10(22)5-29-17)32-16-14(25)11(23)6-30-18(16,8-21)31-12-4-2-1-3-9(12)19(27)28/h1-4,10-11,13-16,20-26H,5-8H2/t10-,11-,13-,14-,15+,16+,17+,18+/m1/s1. The van der Waals surface area contributed by atoms with E-state index in [1.165, 1.54) is 18.2 Å². The third-order valence-electron chi connectivity index (χ3n) is 5.41. The lowest BCUT2D eigenvalue weighted by molar-refractivity contribution is -0.416. The molecule has 0 bridgehead atoms. The Kier molecular flexibility index (Phi) is 7.31. The molecule has 7 N–H and O–H groups in total. The van der Waals surface area contributed by atoms with Crippen molar-refractivity contribution in [1.29, 1.82) is 0 Å². The Labute approximate surface area is 180 Å². The van der Waals surface area contributed by atoms with Crippen molar-refractivity contribution in [3.8, 4) is 5.75 Å². The van der Waals surface area contributed by atoms with Gasteiger partial charge in [-0.3, -0.25) is 10.1 Å². The summed E-state index contributed by atoms with van der Waals surface area (Å²) < 4.78 is 21.8. The van der Waals surface area contributed by atoms with Crippen molar-refractivity contribution in [2.75, 3.05) is 26.4 Å². The van der Waals surface area contributed by atoms with E-state index in [0.29, 0.717) is 0 Å². The molecule has 2 saturated heterocycles. The van der Waals surface area contributed by atoms with Crippen molar-refractivity contribution >= 4 is 5.69 Å². The lowest BCUT2D eigenvalue weighted by atomic mass is 9.93. The molecule has 0 radical (unpaired) electrons. The molecule has 14 heteroatoms. The minimum Gasteiger partial charge on any atom is -0.450 e. The number of hydrogen-bond donors (Lipinski definition) is 7. The Bertz CT molecular complexity index is 811. The minimum absolute atomic E-state index is 0.373. The first-order valence-electron chi connectivity index (χ1n) is 9.61. The third kappa shape index (κ3) is 4.29. The van der Waals surface area contributed by atoms with E-state index in [0.717, 1.165) is 6.07 Å². The summed E-state index contributed by atoms with van der Waals surface area (Å²) in [6.45, 7) is -3.30. The van der Waals surface area contributed by atoms with Crippen LogP contribution in [0.5, 0.6) is 5.75 Å². The second-order valence-electron chi connectivity index (χ2n) is 7.49. The maximum atomic E-state index is 11.3. The summed E-state index contributed by atoms with van der Waals surface area (Å²) in [6.07, 6.45) is -10.7. The smallest absolute Gasteiger partial charge is 0.311 e. The fourth-order valence-corrected chi connectivity index (χ4v) is 3.54. The largest absolute Gasteiger partial charge is 0.450 e. The van der Waals surface area contributed by atoms with Gasteiger partial charge in [0.2, 0.25) is 11.5 Å². The van der Waals surface area contributed by atoms with Crippen LogP contribution >= 0.6 is 0 Å². The van der Waals surface area contributed by atoms with Gasteiger partial charge in [0.1, 0.15) is 43.7 Å². The molecule has 14 nitrogen and oxygen atoms in total. The summed E-state index contributed by atoms with van der Waals surface area (Å²) in [4.78, 5) is 10.6. The lowest BCUT2D eigenvalue weighted by Gasteiger charge is -2.51. The SMILES string of the molecule is O=[N+]([O-])c1ccccc1O[C@]1(CO)OC[C@@H](O)[C@@H](O)[C@@H]1O[C@]1(CO)OC[C@@H](O)[C@@H](O)[C@@H]1O. The van der Waals surface area contributed by atoms with Crippen molar-refractivity contribution in [2.24, 2.45) is 0 Å². The van der Waals surface area contributed by atoms with Gasteiger partial charge in [0.25, 0.3) is 5.79 Å². The molecule has 2 aliphatic heterocycles. The van der Waals surface area contributed by atoms with Gasteiger partial charge in [-0.05, 0) is 6.07 Å². The number of ether oxygens (including phenoxy) is 4. The number of nitro groups is 1. The molecule has 8 atom stereocenters. The summed E-state index contributed by atoms with van der Waals surface area (Å²) in [5, 5.41) is 82.1. The van der Waals surface area contributed by atoms with Crippen LogP contribution in [0.4, 0.5) is 5.69 Å². The Balaban J connectivity index is 2.01. The Morgan fingerprint density at radius 2 is 1.53 bits per heavy atom. The number of hydrogen-bond acceptors (Lipinski definition) is 13. The number of para-hydroxylation sites is 2. The van der Waals surface area contributed by atoms with Gasteiger partial charge < -0.3 is 54.7 Å². The van der Waals surface area contributed by atoms with E-state index in [9.17, 15) is 45.9 Å². The van der Waals surface area contributed by atoms with Gasteiger partial charge in [0.05, 0.1) is 18.1 Å². The van der Waals surface area contributed by atoms with Crippen LogP contribution in [0.2, 0.25) is 0 Å². The maximum Gasteiger partial charge on any atom is 0.311 e. The van der Waals surface area contributed by atoms with Crippen LogP contribution in [-0.4, -0.2) is 115 Å². The van der Waals surface area contributed by atoms with Crippen LogP contribution in [0, 0.1) is 10.1 Å². The quantitative estimate of drug-likeness (QED) is 0.155. The molecule has 0 aliphatic carbocycles. The third-order valence-corrected chi connectivity index (χ3v) is 5.41. The Morgan fingerprint density at radius 3 is 2.12 bits per heavy atom. The first-order chi connectivity index (χ1) is 15.1. The molecule has 0 unspecified atom stereocenters. The number of nitro benzene ring substituents is 1. The normalized spacial score (nSPS) is 40.1. The van der Waals surface area contributed by atoms with E-state index in [1.807, 2.05) is 0 Å². The van der Waals surface area contributed by atoms with E-state index in [1.54, 1.807) is 0 Å². The highest BCUT2D eigenvalue weighted by Gasteiger charge is 2.60. The van der Waals surface area contributed by atoms with E-state index in [4.69, 9.17) is 18.9 Å². The fraction of sp³-hybridized carbons (Fsp3) is 0.667. The van der Waals surface area contributed by atoms with E-state index >= 15 is 0 Å². The van der Waals surface area contributed by atoms with Crippen molar-refractivity contribution in [1.82, 2.24) is 0 Å². The highest BCUT2D eigenvalue weighted by atomic mass is 16.8. The molecule has 3 rings (SSSR count). The van der Waals surface area contributed by atoms with Crippen LogP contribution in [0.1, 0.15) is 0 Å². The average Bonchev–Trinajstić information content (AvgIpc) is 2.79. The molecule has 0 amide bonds. The van der Waals surface area contributed by atoms with Crippen LogP contribution in [0.15, 0.2) is 24.3 Å². The second kappa shape index (κ2) is 9.48. The Morgan fingerprint density at radius 1 is 0.969 bits per heavy atom. The van der Waals surface area contributed by atoms with Gasteiger partial charge in [0.15, 0.2) is 6.10 Å². The van der Waals surface area contributed by atoms with Crippen molar-refractivity contribution < 1.29 is 59.6 Å². The lowest BCUT2D eigenvalue weighted by Crippen LogP contribution is -2.72. The molecule has 0 saturated carbocycles. The molecule has 0 spiro atoms. The summed E-state index contributed by atoms with van der Waals surface area (Å²) >= 11 is 0. The summed E-state index contributed by atoms with van der Waals surface area (Å²) in [6, 6.07) is 5.08. The summed E-state index contributed by atoms with van der Waals surface area (Å²) in [5.41, 5.74) is -0.507. The molecule has 1 aromatic rings. The van der Waals surface area contributed by atoms with Gasteiger partial charge in [-0.1, -0.05) is 12.1 Å². The van der Waals surface area contributed by atoms with Crippen LogP contribution in [0.3, 0.4) is 0 Å². The number of rotatable bonds is 7. The molecule has 2 fully saturated rings. The topological polar surface area (TPSA) is 222 Å². The molecular formula is C18H25NO13. The second-order valence-corrected chi connectivity index (χ2v) is 7.49. The molecule has 2 heterocycles. The highest BCUT2D eigenvalue weighted by molar-refractivity contribution is 5.46. The van der Waals surface area contributed by atoms with E-state index in [2.05, 4.69) is 0 Å². The zero-order valence-corrected chi connectivity index (χ0v) is 16.6. The monoisotopic (exact) mass is 463 g/mol. The van der Waals surface area contributed by atoms with E-state index < -0.39 is 85.2 Å². The first-order valence-corrected chi connectivity index (χ1v) is 9.61. The molecule has 180 valence electrons. The van der Waals surface area contributed by atoms with Crippen molar-refractivity contribution in [2.45, 2.75) is 48.2 Å². The first kappa shape index (κ1) is 24.7. The molecule has 0 aromatic heterocycles. The predicted octanol–water partition coefficient (Wildman–Crippen LogP) is -3.40. The molecule has 32 heavy (non-hydrogen) atoms. The maximum absolute atomic E-state index is 11.3. The number of aliphatic hydroxyl groups excluding tert-OH is 7. The van der Waals surface area contributed by atoms with Gasteiger partial charge in [-0.15, -0.1) is 0 Å². The number of benzene rings is 1. The predicted molar refractivity (Wildman–Crippen MR) is 100 cm³/mol. The zero-order chi connectivity index (χ0) is 23.7. The van der Waals surface area contributed by atoms with Crippen LogP contribution in [-0.2, 0) is 14.2 Å². The summed E-state index contributed by atoms with van der Waals surface area (Å²) in [7, 11) is 0. The van der Waals surface area contributed by atoms with Crippen LogP contribution in [0.25, 0.3) is 0 Å². The molecular weight excluding hydrogens is 438 g/mol. The number of nitrogens with zero attached hydrogens (tertiary/aromatic N) is 1. The molecule has 2 aliphatic rings. The van der Waals surface area contributed by atoms with Gasteiger partial charge in [-0.2, -0.15) is 0 Å². The van der Waals surface area contributed by atoms with Gasteiger partial charge >= 0.3 is 5.69 Å². The van der Waals surface area contributed by atoms with Gasteiger partial charge in [0, 0.05) is 6.07 Å². The highest BCUT2D eigenvalue weighted by Crippen LogP contribution is 2.39. The number of aliphatic hydroxyl groups is 7. The minimum atomic E-state index is -2.43. The van der Waals surface area contributed by atoms with Crippen molar-refractivity contribution in [3.63, 3.8) is 0 Å². The van der Waals surface area contributed by atoms with Crippen LogP contribution < -0.4 is 4.74 Å². The molecule has 1 aromatic carbocycles.